The Balaban J connectivity index is 1.46. The van der Waals surface area contributed by atoms with Crippen LogP contribution in [0.5, 0.6) is 0 Å². The van der Waals surface area contributed by atoms with Crippen LogP contribution >= 0.6 is 0 Å². The first-order valence-corrected chi connectivity index (χ1v) is 11.1. The molecule has 0 spiro atoms. The van der Waals surface area contributed by atoms with Gasteiger partial charge in [-0.3, -0.25) is 9.59 Å². The van der Waals surface area contributed by atoms with Crippen molar-refractivity contribution in [3.63, 3.8) is 0 Å². The summed E-state index contributed by atoms with van der Waals surface area (Å²) in [6.07, 6.45) is 3.16. The second-order valence-electron chi connectivity index (χ2n) is 8.27. The molecule has 1 aromatic carbocycles. The van der Waals surface area contributed by atoms with E-state index in [4.69, 9.17) is 4.74 Å². The maximum atomic E-state index is 13.0. The number of hydrogen-bond acceptors (Lipinski definition) is 4. The number of nitrogens with zero attached hydrogens (tertiary/aromatic N) is 2. The average molecular weight is 416 g/mol. The highest BCUT2D eigenvalue weighted by Crippen LogP contribution is 2.30. The number of unbranched alkanes of at least 4 members (excludes halogenated alkanes) is 1. The third-order valence-corrected chi connectivity index (χ3v) is 6.12. The zero-order valence-corrected chi connectivity index (χ0v) is 18.0. The van der Waals surface area contributed by atoms with Gasteiger partial charge >= 0.3 is 6.09 Å². The molecule has 2 heterocycles. The summed E-state index contributed by atoms with van der Waals surface area (Å²) in [5.74, 6) is -0.196. The van der Waals surface area contributed by atoms with Crippen molar-refractivity contribution in [3.05, 3.63) is 35.9 Å². The van der Waals surface area contributed by atoms with E-state index in [-0.39, 0.29) is 42.3 Å². The molecule has 2 fully saturated rings. The van der Waals surface area contributed by atoms with Crippen molar-refractivity contribution in [2.75, 3.05) is 26.2 Å². The summed E-state index contributed by atoms with van der Waals surface area (Å²) in [6, 6.07) is 9.90. The van der Waals surface area contributed by atoms with Crippen LogP contribution < -0.4 is 5.32 Å². The highest BCUT2D eigenvalue weighted by molar-refractivity contribution is 5.89. The van der Waals surface area contributed by atoms with Gasteiger partial charge in [0.1, 0.15) is 0 Å². The Labute approximate surface area is 178 Å². The number of likely N-dealkylation sites (tertiary alicyclic amines) is 2. The largest absolute Gasteiger partial charge is 0.450 e. The van der Waals surface area contributed by atoms with Crippen LogP contribution in [0, 0.1) is 5.92 Å². The van der Waals surface area contributed by atoms with Gasteiger partial charge in [-0.1, -0.05) is 43.7 Å². The molecule has 0 aliphatic carbocycles. The van der Waals surface area contributed by atoms with Crippen LogP contribution in [0.25, 0.3) is 0 Å². The maximum Gasteiger partial charge on any atom is 0.407 e. The first kappa shape index (κ1) is 22.1. The van der Waals surface area contributed by atoms with Gasteiger partial charge in [-0.25, -0.2) is 4.79 Å². The maximum absolute atomic E-state index is 13.0. The number of alkyl carbamates (subject to hydrolysis) is 1. The molecule has 2 aliphatic rings. The molecule has 3 amide bonds. The first-order valence-electron chi connectivity index (χ1n) is 11.1. The fourth-order valence-corrected chi connectivity index (χ4v) is 4.20. The molecule has 3 rings (SSSR count). The number of carbonyl (C=O) groups is 3. The van der Waals surface area contributed by atoms with Crippen LogP contribution in [0.1, 0.15) is 57.6 Å². The average Bonchev–Trinajstić information content (AvgIpc) is 3.15. The van der Waals surface area contributed by atoms with Crippen molar-refractivity contribution in [1.82, 2.24) is 15.1 Å². The molecule has 2 unspecified atom stereocenters. The Morgan fingerprint density at radius 3 is 2.57 bits per heavy atom. The third kappa shape index (κ3) is 5.52. The number of amides is 3. The minimum atomic E-state index is -0.375. The van der Waals surface area contributed by atoms with Crippen molar-refractivity contribution >= 4 is 17.9 Å². The van der Waals surface area contributed by atoms with Gasteiger partial charge in [0.05, 0.1) is 18.6 Å². The number of hydrogen-bond donors (Lipinski definition) is 1. The highest BCUT2D eigenvalue weighted by Gasteiger charge is 2.39. The molecule has 2 saturated heterocycles. The van der Waals surface area contributed by atoms with E-state index in [9.17, 15) is 14.4 Å². The molecular weight excluding hydrogens is 382 g/mol. The Hall–Kier alpha value is -2.57. The normalized spacial score (nSPS) is 20.9. The van der Waals surface area contributed by atoms with E-state index in [0.29, 0.717) is 39.1 Å². The molecule has 30 heavy (non-hydrogen) atoms. The summed E-state index contributed by atoms with van der Waals surface area (Å²) in [6.45, 7) is 6.16. The van der Waals surface area contributed by atoms with E-state index in [2.05, 4.69) is 5.32 Å². The minimum absolute atomic E-state index is 0.0305. The summed E-state index contributed by atoms with van der Waals surface area (Å²) in [7, 11) is 0. The molecule has 7 heteroatoms. The second kappa shape index (κ2) is 10.5. The lowest BCUT2D eigenvalue weighted by Gasteiger charge is -2.33. The van der Waals surface area contributed by atoms with Gasteiger partial charge < -0.3 is 19.9 Å². The van der Waals surface area contributed by atoms with E-state index in [1.165, 1.54) is 0 Å². The summed E-state index contributed by atoms with van der Waals surface area (Å²) >= 11 is 0. The van der Waals surface area contributed by atoms with Crippen LogP contribution in [-0.2, 0) is 14.3 Å². The number of nitrogens with one attached hydrogen (secondary N) is 1. The van der Waals surface area contributed by atoms with Crippen LogP contribution in [0.15, 0.2) is 30.3 Å². The van der Waals surface area contributed by atoms with Crippen molar-refractivity contribution in [1.29, 1.82) is 0 Å². The summed E-state index contributed by atoms with van der Waals surface area (Å²) in [4.78, 5) is 41.0. The van der Waals surface area contributed by atoms with E-state index < -0.39 is 0 Å². The van der Waals surface area contributed by atoms with Crippen molar-refractivity contribution < 1.29 is 19.1 Å². The fraction of sp³-hybridized carbons (Fsp3) is 0.609. The van der Waals surface area contributed by atoms with Crippen LogP contribution in [0.4, 0.5) is 4.79 Å². The van der Waals surface area contributed by atoms with Gasteiger partial charge in [-0.2, -0.15) is 0 Å². The predicted octanol–water partition coefficient (Wildman–Crippen LogP) is 3.11. The van der Waals surface area contributed by atoms with Gasteiger partial charge in [0.2, 0.25) is 11.8 Å². The van der Waals surface area contributed by atoms with Gasteiger partial charge in [0.25, 0.3) is 0 Å². The summed E-state index contributed by atoms with van der Waals surface area (Å²) < 4.78 is 5.15. The zero-order chi connectivity index (χ0) is 21.5. The van der Waals surface area contributed by atoms with Crippen molar-refractivity contribution in [2.24, 2.45) is 5.92 Å². The second-order valence-corrected chi connectivity index (χ2v) is 8.27. The van der Waals surface area contributed by atoms with E-state index in [1.54, 1.807) is 0 Å². The van der Waals surface area contributed by atoms with E-state index >= 15 is 0 Å². The lowest BCUT2D eigenvalue weighted by molar-refractivity contribution is -0.136. The molecule has 1 aromatic rings. The number of benzene rings is 1. The molecule has 0 bridgehead atoms. The van der Waals surface area contributed by atoms with Crippen LogP contribution in [0.3, 0.4) is 0 Å². The van der Waals surface area contributed by atoms with Gasteiger partial charge in [-0.15, -0.1) is 0 Å². The van der Waals surface area contributed by atoms with Crippen molar-refractivity contribution in [2.45, 2.75) is 58.0 Å². The molecule has 0 radical (unpaired) electrons. The first-order chi connectivity index (χ1) is 14.5. The molecule has 164 valence electrons. The molecule has 0 saturated carbocycles. The number of rotatable bonds is 7. The number of ether oxygens (including phenoxy) is 1. The third-order valence-electron chi connectivity index (χ3n) is 6.12. The molecule has 2 atom stereocenters. The summed E-state index contributed by atoms with van der Waals surface area (Å²) in [5, 5.41) is 2.89. The Morgan fingerprint density at radius 2 is 1.90 bits per heavy atom. The molecular formula is C23H33N3O4. The zero-order valence-electron chi connectivity index (χ0n) is 18.0. The number of piperidine rings is 1. The van der Waals surface area contributed by atoms with Crippen molar-refractivity contribution in [3.8, 4) is 0 Å². The Bertz CT molecular complexity index is 731. The number of carbonyl (C=O) groups excluding carboxylic acids is 3. The highest BCUT2D eigenvalue weighted by atomic mass is 16.5. The lowest BCUT2D eigenvalue weighted by atomic mass is 10.0. The van der Waals surface area contributed by atoms with Gasteiger partial charge in [0, 0.05) is 32.1 Å². The lowest BCUT2D eigenvalue weighted by Crippen LogP contribution is -2.48. The topological polar surface area (TPSA) is 79.0 Å². The predicted molar refractivity (Wildman–Crippen MR) is 114 cm³/mol. The van der Waals surface area contributed by atoms with E-state index in [1.807, 2.05) is 54.0 Å². The minimum Gasteiger partial charge on any atom is -0.450 e. The molecule has 0 aromatic heterocycles. The molecule has 2 aliphatic heterocycles. The molecule has 7 nitrogen and oxygen atoms in total. The van der Waals surface area contributed by atoms with Crippen LogP contribution in [0.2, 0.25) is 0 Å². The van der Waals surface area contributed by atoms with Crippen LogP contribution in [-0.4, -0.2) is 60.0 Å². The SMILES string of the molecule is CCCCOC(=O)NC1CCN(C(=O)C2CC(=O)N(C(C)c3ccccc3)C2)CC1. The van der Waals surface area contributed by atoms with Gasteiger partial charge in [-0.05, 0) is 31.7 Å². The smallest absolute Gasteiger partial charge is 0.407 e. The van der Waals surface area contributed by atoms with Gasteiger partial charge in [0.15, 0.2) is 0 Å². The monoisotopic (exact) mass is 415 g/mol. The Morgan fingerprint density at radius 1 is 1.20 bits per heavy atom. The summed E-state index contributed by atoms with van der Waals surface area (Å²) in [5.41, 5.74) is 1.08. The van der Waals surface area contributed by atoms with E-state index in [0.717, 1.165) is 18.4 Å². The fourth-order valence-electron chi connectivity index (χ4n) is 4.20. The Kier molecular flexibility index (Phi) is 7.71. The quantitative estimate of drug-likeness (QED) is 0.694. The molecule has 1 N–H and O–H groups in total. The standard InChI is InChI=1S/C23H33N3O4/c1-3-4-14-30-23(29)24-20-10-12-25(13-11-20)22(28)19-15-21(27)26(16-19)17(2)18-8-6-5-7-9-18/h5-9,17,19-20H,3-4,10-16H2,1-2H3,(H,24,29).